The van der Waals surface area contributed by atoms with Gasteiger partial charge in [0, 0.05) is 6.20 Å². The number of nitrogens with zero attached hydrogens (tertiary/aromatic N) is 1. The first kappa shape index (κ1) is 14.3. The Morgan fingerprint density at radius 3 is 2.74 bits per heavy atom. The lowest BCUT2D eigenvalue weighted by atomic mass is 9.77. The number of nitrogens with two attached hydrogens (primary N) is 1. The summed E-state index contributed by atoms with van der Waals surface area (Å²) in [6.45, 7) is 2.28. The molecule has 0 radical (unpaired) electrons. The zero-order valence-electron chi connectivity index (χ0n) is 11.9. The van der Waals surface area contributed by atoms with Crippen LogP contribution in [-0.4, -0.2) is 12.1 Å². The van der Waals surface area contributed by atoms with E-state index in [1.165, 1.54) is 32.1 Å². The molecule has 0 saturated heterocycles. The number of pyridine rings is 1. The Balaban J connectivity index is 2.12. The highest BCUT2D eigenvalue weighted by Gasteiger charge is 2.29. The van der Waals surface area contributed by atoms with Gasteiger partial charge in [-0.05, 0) is 36.8 Å². The lowest BCUT2D eigenvalue weighted by molar-refractivity contribution is 0.214. The summed E-state index contributed by atoms with van der Waals surface area (Å²) in [5.74, 6) is 8.04. The molecule has 4 heteroatoms. The number of methoxy groups -OCH3 is 1. The van der Waals surface area contributed by atoms with Crippen molar-refractivity contribution in [1.82, 2.24) is 10.4 Å². The summed E-state index contributed by atoms with van der Waals surface area (Å²) in [5, 5.41) is 0. The maximum absolute atomic E-state index is 5.78. The zero-order chi connectivity index (χ0) is 13.7. The molecule has 1 aliphatic rings. The highest BCUT2D eigenvalue weighted by molar-refractivity contribution is 5.30. The van der Waals surface area contributed by atoms with E-state index in [0.717, 1.165) is 17.4 Å². The SMILES string of the molecule is CCC1CCC(C(NN)c2ncccc2OC)CC1. The Kier molecular flexibility index (Phi) is 5.16. The van der Waals surface area contributed by atoms with Gasteiger partial charge in [-0.2, -0.15) is 0 Å². The fourth-order valence-corrected chi connectivity index (χ4v) is 3.18. The molecule has 1 heterocycles. The van der Waals surface area contributed by atoms with E-state index in [1.807, 2.05) is 12.1 Å². The van der Waals surface area contributed by atoms with E-state index in [-0.39, 0.29) is 6.04 Å². The zero-order valence-corrected chi connectivity index (χ0v) is 11.9. The van der Waals surface area contributed by atoms with E-state index in [0.29, 0.717) is 5.92 Å². The number of ether oxygens (including phenoxy) is 1. The van der Waals surface area contributed by atoms with Crippen LogP contribution in [0.4, 0.5) is 0 Å². The molecule has 1 aliphatic carbocycles. The molecule has 19 heavy (non-hydrogen) atoms. The van der Waals surface area contributed by atoms with Crippen molar-refractivity contribution >= 4 is 0 Å². The lowest BCUT2D eigenvalue weighted by Gasteiger charge is -2.33. The molecule has 1 aromatic heterocycles. The maximum atomic E-state index is 5.78. The van der Waals surface area contributed by atoms with Crippen LogP contribution in [-0.2, 0) is 0 Å². The second-order valence-electron chi connectivity index (χ2n) is 5.42. The third-order valence-corrected chi connectivity index (χ3v) is 4.43. The van der Waals surface area contributed by atoms with Gasteiger partial charge in [-0.1, -0.05) is 26.2 Å². The Morgan fingerprint density at radius 1 is 1.42 bits per heavy atom. The highest BCUT2D eigenvalue weighted by Crippen LogP contribution is 2.39. The molecule has 1 aromatic rings. The van der Waals surface area contributed by atoms with Crippen LogP contribution in [0.1, 0.15) is 50.8 Å². The molecule has 1 saturated carbocycles. The van der Waals surface area contributed by atoms with Crippen molar-refractivity contribution in [2.24, 2.45) is 17.7 Å². The van der Waals surface area contributed by atoms with Crippen molar-refractivity contribution < 1.29 is 4.74 Å². The van der Waals surface area contributed by atoms with Gasteiger partial charge in [0.2, 0.25) is 0 Å². The van der Waals surface area contributed by atoms with Crippen LogP contribution in [0.5, 0.6) is 5.75 Å². The third kappa shape index (κ3) is 3.25. The fourth-order valence-electron chi connectivity index (χ4n) is 3.18. The standard InChI is InChI=1S/C15H25N3O/c1-3-11-6-8-12(9-7-11)14(18-16)15-13(19-2)5-4-10-17-15/h4-5,10-12,14,18H,3,6-9,16H2,1-2H3. The monoisotopic (exact) mass is 263 g/mol. The molecule has 0 aromatic carbocycles. The van der Waals surface area contributed by atoms with Gasteiger partial charge in [0.1, 0.15) is 11.4 Å². The topological polar surface area (TPSA) is 60.2 Å². The molecule has 0 aliphatic heterocycles. The minimum absolute atomic E-state index is 0.0916. The summed E-state index contributed by atoms with van der Waals surface area (Å²) in [4.78, 5) is 4.47. The molecule has 1 unspecified atom stereocenters. The average molecular weight is 263 g/mol. The van der Waals surface area contributed by atoms with Crippen molar-refractivity contribution in [2.45, 2.75) is 45.1 Å². The first-order chi connectivity index (χ1) is 9.30. The summed E-state index contributed by atoms with van der Waals surface area (Å²) in [6, 6.07) is 3.93. The highest BCUT2D eigenvalue weighted by atomic mass is 16.5. The van der Waals surface area contributed by atoms with Gasteiger partial charge in [-0.3, -0.25) is 16.3 Å². The Bertz CT molecular complexity index is 389. The molecular weight excluding hydrogens is 238 g/mol. The van der Waals surface area contributed by atoms with E-state index < -0.39 is 0 Å². The summed E-state index contributed by atoms with van der Waals surface area (Å²) >= 11 is 0. The maximum Gasteiger partial charge on any atom is 0.142 e. The lowest BCUT2D eigenvalue weighted by Crippen LogP contribution is -2.36. The first-order valence-electron chi connectivity index (χ1n) is 7.25. The normalized spacial score (nSPS) is 25.0. The molecule has 0 amide bonds. The minimum Gasteiger partial charge on any atom is -0.495 e. The largest absolute Gasteiger partial charge is 0.495 e. The molecule has 0 bridgehead atoms. The number of nitrogens with one attached hydrogen (secondary N) is 1. The second kappa shape index (κ2) is 6.87. The molecule has 1 fully saturated rings. The Labute approximate surface area is 115 Å². The number of hydrogen-bond donors (Lipinski definition) is 2. The van der Waals surface area contributed by atoms with Crippen LogP contribution in [0.2, 0.25) is 0 Å². The van der Waals surface area contributed by atoms with Gasteiger partial charge >= 0.3 is 0 Å². The van der Waals surface area contributed by atoms with Crippen LogP contribution in [0, 0.1) is 11.8 Å². The van der Waals surface area contributed by atoms with Gasteiger partial charge in [0.05, 0.1) is 13.2 Å². The van der Waals surface area contributed by atoms with E-state index in [1.54, 1.807) is 13.3 Å². The summed E-state index contributed by atoms with van der Waals surface area (Å²) in [7, 11) is 1.68. The van der Waals surface area contributed by atoms with E-state index in [2.05, 4.69) is 17.3 Å². The molecule has 1 atom stereocenters. The molecule has 2 rings (SSSR count). The Hall–Kier alpha value is -1.13. The van der Waals surface area contributed by atoms with Crippen molar-refractivity contribution in [2.75, 3.05) is 7.11 Å². The summed E-state index contributed by atoms with van der Waals surface area (Å²) < 4.78 is 5.40. The van der Waals surface area contributed by atoms with Crippen LogP contribution < -0.4 is 16.0 Å². The molecule has 106 valence electrons. The van der Waals surface area contributed by atoms with Crippen molar-refractivity contribution in [3.8, 4) is 5.75 Å². The molecular formula is C15H25N3O. The van der Waals surface area contributed by atoms with Crippen molar-refractivity contribution in [1.29, 1.82) is 0 Å². The van der Waals surface area contributed by atoms with Crippen LogP contribution >= 0.6 is 0 Å². The number of rotatable bonds is 5. The quantitative estimate of drug-likeness (QED) is 0.633. The van der Waals surface area contributed by atoms with Crippen LogP contribution in [0.25, 0.3) is 0 Å². The number of aromatic nitrogens is 1. The van der Waals surface area contributed by atoms with Gasteiger partial charge < -0.3 is 4.74 Å². The van der Waals surface area contributed by atoms with E-state index in [9.17, 15) is 0 Å². The van der Waals surface area contributed by atoms with E-state index in [4.69, 9.17) is 10.6 Å². The van der Waals surface area contributed by atoms with Crippen molar-refractivity contribution in [3.63, 3.8) is 0 Å². The molecule has 3 N–H and O–H groups in total. The van der Waals surface area contributed by atoms with Gasteiger partial charge in [-0.15, -0.1) is 0 Å². The van der Waals surface area contributed by atoms with Crippen LogP contribution in [0.15, 0.2) is 18.3 Å². The minimum atomic E-state index is 0.0916. The molecule has 4 nitrogen and oxygen atoms in total. The summed E-state index contributed by atoms with van der Waals surface area (Å²) in [6.07, 6.45) is 8.13. The molecule has 0 spiro atoms. The summed E-state index contributed by atoms with van der Waals surface area (Å²) in [5.41, 5.74) is 3.89. The van der Waals surface area contributed by atoms with E-state index >= 15 is 0 Å². The first-order valence-corrected chi connectivity index (χ1v) is 7.25. The van der Waals surface area contributed by atoms with Crippen molar-refractivity contribution in [3.05, 3.63) is 24.0 Å². The van der Waals surface area contributed by atoms with Crippen LogP contribution in [0.3, 0.4) is 0 Å². The predicted molar refractivity (Wildman–Crippen MR) is 76.6 cm³/mol. The number of hydrogen-bond acceptors (Lipinski definition) is 4. The van der Waals surface area contributed by atoms with Gasteiger partial charge in [0.25, 0.3) is 0 Å². The van der Waals surface area contributed by atoms with Gasteiger partial charge in [0.15, 0.2) is 0 Å². The second-order valence-corrected chi connectivity index (χ2v) is 5.42. The predicted octanol–water partition coefficient (Wildman–Crippen LogP) is 2.81. The third-order valence-electron chi connectivity index (χ3n) is 4.43. The fraction of sp³-hybridized carbons (Fsp3) is 0.667. The average Bonchev–Trinajstić information content (AvgIpc) is 2.49. The number of hydrazine groups is 1. The Morgan fingerprint density at radius 2 is 2.16 bits per heavy atom. The van der Waals surface area contributed by atoms with Gasteiger partial charge in [-0.25, -0.2) is 0 Å². The smallest absolute Gasteiger partial charge is 0.142 e.